The van der Waals surface area contributed by atoms with Gasteiger partial charge in [-0.25, -0.2) is 0 Å². The Kier molecular flexibility index (Phi) is 5.05. The highest BCUT2D eigenvalue weighted by Gasteiger charge is 2.22. The molecule has 0 saturated carbocycles. The molecule has 5 heteroatoms. The van der Waals surface area contributed by atoms with Crippen LogP contribution in [0.15, 0.2) is 22.6 Å². The van der Waals surface area contributed by atoms with Crippen LogP contribution in [0.3, 0.4) is 0 Å². The minimum absolute atomic E-state index is 0.175. The van der Waals surface area contributed by atoms with Gasteiger partial charge in [0.05, 0.1) is 5.37 Å². The number of allylic oxidation sites excluding steroid dienone is 3. The van der Waals surface area contributed by atoms with Gasteiger partial charge in [-0.05, 0) is 19.4 Å². The summed E-state index contributed by atoms with van der Waals surface area (Å²) >= 11 is 1.68. The standard InChI is InChI=1S/C10H17NO2S2/c1-7(4-5-8(2)15(3)13)10-11-9(12)6-14-10/h4-5,9-12H,6H2,1-3H3/b7-4+,8-5+. The zero-order valence-electron chi connectivity index (χ0n) is 9.19. The van der Waals surface area contributed by atoms with Crippen LogP contribution in [-0.4, -0.2) is 32.9 Å². The van der Waals surface area contributed by atoms with Gasteiger partial charge in [0, 0.05) is 27.7 Å². The molecule has 0 amide bonds. The van der Waals surface area contributed by atoms with Crippen molar-refractivity contribution >= 4 is 22.6 Å². The normalized spacial score (nSPS) is 30.7. The summed E-state index contributed by atoms with van der Waals surface area (Å²) in [4.78, 5) is 0.859. The third-order valence-electron chi connectivity index (χ3n) is 2.21. The van der Waals surface area contributed by atoms with Gasteiger partial charge in [-0.2, -0.15) is 0 Å². The van der Waals surface area contributed by atoms with Crippen molar-refractivity contribution in [3.63, 3.8) is 0 Å². The molecule has 3 nitrogen and oxygen atoms in total. The molecule has 1 heterocycles. The van der Waals surface area contributed by atoms with Crippen molar-refractivity contribution in [2.75, 3.05) is 12.0 Å². The molecule has 86 valence electrons. The summed E-state index contributed by atoms with van der Waals surface area (Å²) in [6.07, 6.45) is 5.09. The molecule has 3 atom stereocenters. The summed E-state index contributed by atoms with van der Waals surface area (Å²) < 4.78 is 11.1. The number of nitrogens with one attached hydrogen (secondary N) is 1. The Hall–Kier alpha value is -0.100. The maximum atomic E-state index is 11.1. The monoisotopic (exact) mass is 247 g/mol. The van der Waals surface area contributed by atoms with E-state index in [1.54, 1.807) is 18.0 Å². The van der Waals surface area contributed by atoms with Crippen LogP contribution in [0, 0.1) is 0 Å². The fourth-order valence-electron chi connectivity index (χ4n) is 1.15. The van der Waals surface area contributed by atoms with Gasteiger partial charge in [0.25, 0.3) is 0 Å². The Morgan fingerprint density at radius 2 is 2.20 bits per heavy atom. The van der Waals surface area contributed by atoms with Gasteiger partial charge in [0.2, 0.25) is 0 Å². The molecule has 1 aliphatic heterocycles. The molecule has 0 radical (unpaired) electrons. The highest BCUT2D eigenvalue weighted by Crippen LogP contribution is 2.23. The summed E-state index contributed by atoms with van der Waals surface area (Å²) in [7, 11) is -0.895. The van der Waals surface area contributed by atoms with E-state index in [0.717, 1.165) is 16.2 Å². The SMILES string of the molecule is C/C(=C\C=C(/C)S(C)=O)C1NC(O)CS1. The molecule has 0 bridgehead atoms. The van der Waals surface area contributed by atoms with Gasteiger partial charge < -0.3 is 5.11 Å². The molecule has 1 rings (SSSR count). The van der Waals surface area contributed by atoms with E-state index in [0.29, 0.717) is 0 Å². The average Bonchev–Trinajstić information content (AvgIpc) is 2.60. The quantitative estimate of drug-likeness (QED) is 0.736. The van der Waals surface area contributed by atoms with Crippen molar-refractivity contribution in [3.05, 3.63) is 22.6 Å². The van der Waals surface area contributed by atoms with Crippen LogP contribution in [0.4, 0.5) is 0 Å². The molecule has 3 unspecified atom stereocenters. The molecule has 0 aliphatic carbocycles. The van der Waals surface area contributed by atoms with Crippen LogP contribution in [0.2, 0.25) is 0 Å². The Morgan fingerprint density at radius 3 is 2.67 bits per heavy atom. The van der Waals surface area contributed by atoms with Crippen molar-refractivity contribution < 1.29 is 9.32 Å². The minimum Gasteiger partial charge on any atom is -0.378 e. The molecular formula is C10H17NO2S2. The van der Waals surface area contributed by atoms with Crippen LogP contribution in [0.5, 0.6) is 0 Å². The first kappa shape index (κ1) is 13.0. The van der Waals surface area contributed by atoms with Crippen LogP contribution in [-0.2, 0) is 10.8 Å². The van der Waals surface area contributed by atoms with E-state index in [1.165, 1.54) is 0 Å². The van der Waals surface area contributed by atoms with E-state index < -0.39 is 17.0 Å². The predicted molar refractivity (Wildman–Crippen MR) is 67.0 cm³/mol. The number of hydrogen-bond donors (Lipinski definition) is 2. The minimum atomic E-state index is -0.895. The molecule has 1 saturated heterocycles. The number of aliphatic hydroxyl groups is 1. The zero-order valence-corrected chi connectivity index (χ0v) is 10.8. The van der Waals surface area contributed by atoms with Gasteiger partial charge >= 0.3 is 0 Å². The number of thioether (sulfide) groups is 1. The first-order chi connectivity index (χ1) is 7.00. The summed E-state index contributed by atoms with van der Waals surface area (Å²) in [5, 5.41) is 12.5. The number of aliphatic hydroxyl groups excluding tert-OH is 1. The Balaban J connectivity index is 2.60. The second-order valence-electron chi connectivity index (χ2n) is 3.54. The van der Waals surface area contributed by atoms with Gasteiger partial charge in [-0.3, -0.25) is 9.53 Å². The fourth-order valence-corrected chi connectivity index (χ4v) is 2.48. The lowest BCUT2D eigenvalue weighted by atomic mass is 10.2. The van der Waals surface area contributed by atoms with Crippen LogP contribution >= 0.6 is 11.8 Å². The molecule has 0 aromatic heterocycles. The van der Waals surface area contributed by atoms with Crippen molar-refractivity contribution in [3.8, 4) is 0 Å². The molecule has 1 aliphatic rings. The maximum absolute atomic E-state index is 11.1. The largest absolute Gasteiger partial charge is 0.378 e. The molecule has 15 heavy (non-hydrogen) atoms. The molecule has 2 N–H and O–H groups in total. The van der Waals surface area contributed by atoms with E-state index in [4.69, 9.17) is 0 Å². The Morgan fingerprint density at radius 1 is 1.53 bits per heavy atom. The van der Waals surface area contributed by atoms with Gasteiger partial charge in [-0.15, -0.1) is 11.8 Å². The number of rotatable bonds is 3. The van der Waals surface area contributed by atoms with Crippen molar-refractivity contribution in [1.29, 1.82) is 0 Å². The van der Waals surface area contributed by atoms with Crippen molar-refractivity contribution in [2.24, 2.45) is 0 Å². The fraction of sp³-hybridized carbons (Fsp3) is 0.600. The summed E-state index contributed by atoms with van der Waals surface area (Å²) in [5.41, 5.74) is 1.14. The van der Waals surface area contributed by atoms with E-state index in [2.05, 4.69) is 5.32 Å². The third kappa shape index (κ3) is 4.10. The lowest BCUT2D eigenvalue weighted by Gasteiger charge is -2.10. The topological polar surface area (TPSA) is 49.3 Å². The Labute approximate surface area is 97.5 Å². The molecule has 0 spiro atoms. The van der Waals surface area contributed by atoms with Gasteiger partial charge in [0.15, 0.2) is 0 Å². The van der Waals surface area contributed by atoms with Crippen LogP contribution in [0.1, 0.15) is 13.8 Å². The summed E-state index contributed by atoms with van der Waals surface area (Å²) in [6, 6.07) is 0. The van der Waals surface area contributed by atoms with Crippen LogP contribution in [0.25, 0.3) is 0 Å². The second kappa shape index (κ2) is 5.84. The van der Waals surface area contributed by atoms with Crippen LogP contribution < -0.4 is 5.32 Å². The maximum Gasteiger partial charge on any atom is 0.115 e. The molecule has 1 fully saturated rings. The van der Waals surface area contributed by atoms with E-state index in [1.807, 2.05) is 26.0 Å². The lowest BCUT2D eigenvalue weighted by molar-refractivity contribution is 0.170. The van der Waals surface area contributed by atoms with E-state index >= 15 is 0 Å². The molecular weight excluding hydrogens is 230 g/mol. The third-order valence-corrected chi connectivity index (χ3v) is 4.60. The van der Waals surface area contributed by atoms with Crippen molar-refractivity contribution in [1.82, 2.24) is 5.32 Å². The average molecular weight is 247 g/mol. The first-order valence-electron chi connectivity index (χ1n) is 4.75. The van der Waals surface area contributed by atoms with E-state index in [9.17, 15) is 9.32 Å². The van der Waals surface area contributed by atoms with Gasteiger partial charge in [0.1, 0.15) is 6.23 Å². The highest BCUT2D eigenvalue weighted by atomic mass is 32.2. The first-order valence-corrected chi connectivity index (χ1v) is 7.35. The Bertz CT molecular complexity index is 313. The molecule has 0 aromatic carbocycles. The van der Waals surface area contributed by atoms with Gasteiger partial charge in [-0.1, -0.05) is 12.2 Å². The highest BCUT2D eigenvalue weighted by molar-refractivity contribution is 8.00. The summed E-state index contributed by atoms with van der Waals surface area (Å²) in [5.74, 6) is 0.720. The zero-order chi connectivity index (χ0) is 11.4. The lowest BCUT2D eigenvalue weighted by Crippen LogP contribution is -2.29. The van der Waals surface area contributed by atoms with Crippen molar-refractivity contribution in [2.45, 2.75) is 25.4 Å². The predicted octanol–water partition coefficient (Wildman–Crippen LogP) is 1.20. The number of hydrogen-bond acceptors (Lipinski definition) is 4. The summed E-state index contributed by atoms with van der Waals surface area (Å²) in [6.45, 7) is 3.86. The molecule has 0 aromatic rings. The second-order valence-corrected chi connectivity index (χ2v) is 6.23. The smallest absolute Gasteiger partial charge is 0.115 e. The van der Waals surface area contributed by atoms with E-state index in [-0.39, 0.29) is 5.37 Å².